The van der Waals surface area contributed by atoms with Gasteiger partial charge in [-0.15, -0.1) is 0 Å². The Kier molecular flexibility index (Phi) is 4.11. The first-order valence-corrected chi connectivity index (χ1v) is 3.91. The Labute approximate surface area is 67.0 Å². The van der Waals surface area contributed by atoms with Gasteiger partial charge in [-0.1, -0.05) is 27.2 Å². The van der Waals surface area contributed by atoms with Crippen LogP contribution in [-0.2, 0) is 4.79 Å². The third kappa shape index (κ3) is 2.89. The summed E-state index contributed by atoms with van der Waals surface area (Å²) in [4.78, 5) is 10.3. The molecule has 0 saturated heterocycles. The lowest BCUT2D eigenvalue weighted by Crippen LogP contribution is -2.31. The van der Waals surface area contributed by atoms with Crippen LogP contribution in [0.2, 0.25) is 0 Å². The van der Waals surface area contributed by atoms with Gasteiger partial charge >= 0.3 is 5.97 Å². The van der Waals surface area contributed by atoms with Crippen LogP contribution in [0.3, 0.4) is 0 Å². The summed E-state index contributed by atoms with van der Waals surface area (Å²) in [6.45, 7) is 5.68. The molecule has 0 aromatic rings. The highest BCUT2D eigenvalue weighted by molar-refractivity contribution is 5.72. The van der Waals surface area contributed by atoms with Crippen molar-refractivity contribution in [3.8, 4) is 0 Å². The normalized spacial score (nSPS) is 18.9. The smallest absolute Gasteiger partial charge is 0.332 e. The van der Waals surface area contributed by atoms with Gasteiger partial charge in [0, 0.05) is 0 Å². The highest BCUT2D eigenvalue weighted by Crippen LogP contribution is 2.18. The Morgan fingerprint density at radius 1 is 1.45 bits per heavy atom. The zero-order valence-corrected chi connectivity index (χ0v) is 7.24. The second-order valence-corrected chi connectivity index (χ2v) is 3.03. The van der Waals surface area contributed by atoms with Gasteiger partial charge < -0.3 is 10.2 Å². The fourth-order valence-corrected chi connectivity index (χ4v) is 0.908. The predicted molar refractivity (Wildman–Crippen MR) is 42.3 cm³/mol. The summed E-state index contributed by atoms with van der Waals surface area (Å²) < 4.78 is 0. The van der Waals surface area contributed by atoms with Crippen LogP contribution in [0.1, 0.15) is 27.2 Å². The van der Waals surface area contributed by atoms with E-state index in [2.05, 4.69) is 0 Å². The molecule has 0 aromatic carbocycles. The summed E-state index contributed by atoms with van der Waals surface area (Å²) in [6.07, 6.45) is -0.323. The Morgan fingerprint density at radius 2 is 1.91 bits per heavy atom. The SMILES string of the molecule is CC[C@H](C)[C@@H](C)[C@H](O)C(=O)O. The highest BCUT2D eigenvalue weighted by Gasteiger charge is 2.25. The number of carboxylic acids is 1. The van der Waals surface area contributed by atoms with Gasteiger partial charge in [-0.3, -0.25) is 0 Å². The van der Waals surface area contributed by atoms with Crippen molar-refractivity contribution in [2.45, 2.75) is 33.3 Å². The summed E-state index contributed by atoms with van der Waals surface area (Å²) in [5.41, 5.74) is 0. The van der Waals surface area contributed by atoms with E-state index in [1.54, 1.807) is 6.92 Å². The van der Waals surface area contributed by atoms with E-state index in [4.69, 9.17) is 10.2 Å². The summed E-state index contributed by atoms with van der Waals surface area (Å²) in [6, 6.07) is 0. The number of hydrogen-bond acceptors (Lipinski definition) is 2. The van der Waals surface area contributed by atoms with Crippen molar-refractivity contribution in [3.63, 3.8) is 0 Å². The lowest BCUT2D eigenvalue weighted by molar-refractivity contribution is -0.150. The third-order valence-corrected chi connectivity index (χ3v) is 2.29. The van der Waals surface area contributed by atoms with Crippen molar-refractivity contribution in [3.05, 3.63) is 0 Å². The van der Waals surface area contributed by atoms with Crippen LogP contribution in [0.25, 0.3) is 0 Å². The van der Waals surface area contributed by atoms with Crippen molar-refractivity contribution < 1.29 is 15.0 Å². The second-order valence-electron chi connectivity index (χ2n) is 3.03. The fraction of sp³-hybridized carbons (Fsp3) is 0.875. The molecule has 3 nitrogen and oxygen atoms in total. The maximum absolute atomic E-state index is 10.3. The van der Waals surface area contributed by atoms with Gasteiger partial charge in [0.15, 0.2) is 6.10 Å². The molecule has 0 amide bonds. The van der Waals surface area contributed by atoms with E-state index in [9.17, 15) is 4.79 Å². The van der Waals surface area contributed by atoms with Crippen molar-refractivity contribution in [1.29, 1.82) is 0 Å². The predicted octanol–water partition coefficient (Wildman–Crippen LogP) is 1.11. The number of aliphatic hydroxyl groups excluding tert-OH is 1. The van der Waals surface area contributed by atoms with E-state index in [-0.39, 0.29) is 11.8 Å². The Balaban J connectivity index is 4.00. The maximum Gasteiger partial charge on any atom is 0.332 e. The highest BCUT2D eigenvalue weighted by atomic mass is 16.4. The largest absolute Gasteiger partial charge is 0.479 e. The van der Waals surface area contributed by atoms with Crippen LogP contribution < -0.4 is 0 Å². The standard InChI is InChI=1S/C8H16O3/c1-4-5(2)6(3)7(9)8(10)11/h5-7,9H,4H2,1-3H3,(H,10,11)/t5-,6+,7-/m0/s1. The van der Waals surface area contributed by atoms with E-state index in [1.165, 1.54) is 0 Å². The van der Waals surface area contributed by atoms with Gasteiger partial charge in [0.2, 0.25) is 0 Å². The topological polar surface area (TPSA) is 57.5 Å². The molecule has 0 fully saturated rings. The monoisotopic (exact) mass is 160 g/mol. The van der Waals surface area contributed by atoms with Crippen molar-refractivity contribution in [1.82, 2.24) is 0 Å². The molecule has 66 valence electrons. The molecule has 0 unspecified atom stereocenters. The summed E-state index contributed by atoms with van der Waals surface area (Å²) in [5.74, 6) is -1.04. The van der Waals surface area contributed by atoms with E-state index in [0.717, 1.165) is 6.42 Å². The molecule has 0 spiro atoms. The van der Waals surface area contributed by atoms with Gasteiger partial charge in [-0.2, -0.15) is 0 Å². The molecular weight excluding hydrogens is 144 g/mol. The van der Waals surface area contributed by atoms with Crippen molar-refractivity contribution in [2.24, 2.45) is 11.8 Å². The van der Waals surface area contributed by atoms with Gasteiger partial charge in [0.1, 0.15) is 0 Å². The number of aliphatic hydroxyl groups is 1. The quantitative estimate of drug-likeness (QED) is 0.647. The number of carboxylic acid groups (broad SMARTS) is 1. The minimum Gasteiger partial charge on any atom is -0.479 e. The molecule has 0 heterocycles. The van der Waals surface area contributed by atoms with Crippen LogP contribution in [0, 0.1) is 11.8 Å². The van der Waals surface area contributed by atoms with Crippen LogP contribution >= 0.6 is 0 Å². The lowest BCUT2D eigenvalue weighted by atomic mass is 9.89. The number of rotatable bonds is 4. The molecular formula is C8H16O3. The van der Waals surface area contributed by atoms with Crippen molar-refractivity contribution in [2.75, 3.05) is 0 Å². The first kappa shape index (κ1) is 10.4. The summed E-state index contributed by atoms with van der Waals surface area (Å²) >= 11 is 0. The fourth-order valence-electron chi connectivity index (χ4n) is 0.908. The molecule has 0 saturated carbocycles. The van der Waals surface area contributed by atoms with Gasteiger partial charge in [0.25, 0.3) is 0 Å². The molecule has 0 aromatic heterocycles. The van der Waals surface area contributed by atoms with Crippen LogP contribution in [0.15, 0.2) is 0 Å². The second kappa shape index (κ2) is 4.34. The zero-order chi connectivity index (χ0) is 9.02. The molecule has 0 rings (SSSR count). The lowest BCUT2D eigenvalue weighted by Gasteiger charge is -2.20. The van der Waals surface area contributed by atoms with Crippen LogP contribution in [0.4, 0.5) is 0 Å². The minimum absolute atomic E-state index is 0.169. The Bertz CT molecular complexity index is 133. The molecule has 0 bridgehead atoms. The molecule has 2 N–H and O–H groups in total. The number of carbonyl (C=O) groups is 1. The first-order chi connectivity index (χ1) is 5.00. The molecule has 0 radical (unpaired) electrons. The zero-order valence-electron chi connectivity index (χ0n) is 7.24. The average Bonchev–Trinajstić information content (AvgIpc) is 2.00. The van der Waals surface area contributed by atoms with E-state index < -0.39 is 12.1 Å². The van der Waals surface area contributed by atoms with Crippen LogP contribution in [-0.4, -0.2) is 22.3 Å². The average molecular weight is 160 g/mol. The first-order valence-electron chi connectivity index (χ1n) is 3.91. The third-order valence-electron chi connectivity index (χ3n) is 2.29. The number of aliphatic carboxylic acids is 1. The summed E-state index contributed by atoms with van der Waals surface area (Å²) in [5, 5.41) is 17.5. The van der Waals surface area contributed by atoms with E-state index in [0.29, 0.717) is 0 Å². The Morgan fingerprint density at radius 3 is 2.18 bits per heavy atom. The molecule has 11 heavy (non-hydrogen) atoms. The maximum atomic E-state index is 10.3. The molecule has 0 aliphatic carbocycles. The Hall–Kier alpha value is -0.570. The molecule has 0 aliphatic rings. The minimum atomic E-state index is -1.22. The van der Waals surface area contributed by atoms with Crippen molar-refractivity contribution >= 4 is 5.97 Å². The molecule has 0 aliphatic heterocycles. The molecule has 3 heteroatoms. The van der Waals surface area contributed by atoms with Gasteiger partial charge in [0.05, 0.1) is 0 Å². The van der Waals surface area contributed by atoms with E-state index in [1.807, 2.05) is 13.8 Å². The van der Waals surface area contributed by atoms with Gasteiger partial charge in [-0.25, -0.2) is 4.79 Å². The molecule has 3 atom stereocenters. The summed E-state index contributed by atoms with van der Waals surface area (Å²) in [7, 11) is 0. The number of hydrogen-bond donors (Lipinski definition) is 2. The van der Waals surface area contributed by atoms with E-state index >= 15 is 0 Å². The van der Waals surface area contributed by atoms with Gasteiger partial charge in [-0.05, 0) is 11.8 Å². The van der Waals surface area contributed by atoms with Crippen LogP contribution in [0.5, 0.6) is 0 Å².